The van der Waals surface area contributed by atoms with Crippen LogP contribution in [-0.4, -0.2) is 33.7 Å². The number of amides is 1. The van der Waals surface area contributed by atoms with Gasteiger partial charge in [0, 0.05) is 13.1 Å². The molecule has 1 aliphatic rings. The van der Waals surface area contributed by atoms with Gasteiger partial charge in [-0.05, 0) is 26.7 Å². The Balaban J connectivity index is 2.25. The third-order valence-corrected chi connectivity index (χ3v) is 4.44. The zero-order valence-corrected chi connectivity index (χ0v) is 13.3. The average molecular weight is 338 g/mol. The first-order chi connectivity index (χ1) is 10.2. The lowest BCUT2D eigenvalue weighted by Crippen LogP contribution is -2.37. The highest BCUT2D eigenvalue weighted by molar-refractivity contribution is 6.32. The molecule has 0 unspecified atom stereocenters. The van der Waals surface area contributed by atoms with Crippen LogP contribution in [0.15, 0.2) is 0 Å². The summed E-state index contributed by atoms with van der Waals surface area (Å²) in [7, 11) is 0. The van der Waals surface area contributed by atoms with Gasteiger partial charge in [0.1, 0.15) is 6.04 Å². The van der Waals surface area contributed by atoms with E-state index < -0.39 is 22.9 Å². The molecule has 0 bridgehead atoms. The smallest absolute Gasteiger partial charge is 0.341 e. The summed E-state index contributed by atoms with van der Waals surface area (Å²) >= 11 is 5.73. The Hall–Kier alpha value is -1.24. The van der Waals surface area contributed by atoms with Crippen LogP contribution in [-0.2, 0) is 11.0 Å². The average Bonchev–Trinajstić information content (AvgIpc) is 2.66. The number of nitrogens with zero attached hydrogens (tertiary/aromatic N) is 3. The number of halogens is 4. The fraction of sp³-hybridized carbons (Fsp3) is 0.714. The number of rotatable bonds is 2. The van der Waals surface area contributed by atoms with Crippen LogP contribution < -0.4 is 0 Å². The number of carbonyl (C=O) groups excluding carboxylic acids is 1. The van der Waals surface area contributed by atoms with Crippen molar-refractivity contribution in [3.8, 4) is 0 Å². The summed E-state index contributed by atoms with van der Waals surface area (Å²) in [5, 5.41) is 3.09. The molecule has 0 spiro atoms. The van der Waals surface area contributed by atoms with Gasteiger partial charge in [-0.2, -0.15) is 18.3 Å². The van der Waals surface area contributed by atoms with Gasteiger partial charge in [-0.1, -0.05) is 24.4 Å². The first-order valence-electron chi connectivity index (χ1n) is 7.34. The van der Waals surface area contributed by atoms with Gasteiger partial charge in [-0.3, -0.25) is 9.48 Å². The predicted molar refractivity (Wildman–Crippen MR) is 76.7 cm³/mol. The SMILES string of the molecule is Cc1c(Cl)c(C(F)(F)F)nn1[C@@H](C)C(=O)N1CCCCCC1. The van der Waals surface area contributed by atoms with Gasteiger partial charge in [-0.25, -0.2) is 0 Å². The Morgan fingerprint density at radius 2 is 1.77 bits per heavy atom. The molecule has 124 valence electrons. The summed E-state index contributed by atoms with van der Waals surface area (Å²) < 4.78 is 39.7. The van der Waals surface area contributed by atoms with Gasteiger partial charge in [0.05, 0.1) is 10.7 Å². The van der Waals surface area contributed by atoms with Crippen LogP contribution in [0.2, 0.25) is 5.02 Å². The van der Waals surface area contributed by atoms with E-state index in [1.165, 1.54) is 6.92 Å². The zero-order chi connectivity index (χ0) is 16.5. The van der Waals surface area contributed by atoms with Crippen molar-refractivity contribution in [3.63, 3.8) is 0 Å². The largest absolute Gasteiger partial charge is 0.436 e. The minimum absolute atomic E-state index is 0.157. The summed E-state index contributed by atoms with van der Waals surface area (Å²) in [5.41, 5.74) is -0.980. The highest BCUT2D eigenvalue weighted by Crippen LogP contribution is 2.36. The van der Waals surface area contributed by atoms with Crippen molar-refractivity contribution >= 4 is 17.5 Å². The molecule has 1 aliphatic heterocycles. The topological polar surface area (TPSA) is 38.1 Å². The Bertz CT molecular complexity index is 548. The van der Waals surface area contributed by atoms with E-state index in [-0.39, 0.29) is 11.6 Å². The molecule has 0 aromatic carbocycles. The van der Waals surface area contributed by atoms with E-state index in [0.717, 1.165) is 30.4 Å². The van der Waals surface area contributed by atoms with Crippen molar-refractivity contribution in [1.29, 1.82) is 0 Å². The van der Waals surface area contributed by atoms with E-state index in [4.69, 9.17) is 11.6 Å². The maximum Gasteiger partial charge on any atom is 0.436 e. The van der Waals surface area contributed by atoms with Gasteiger partial charge in [-0.15, -0.1) is 0 Å². The van der Waals surface area contributed by atoms with Gasteiger partial charge < -0.3 is 4.90 Å². The summed E-state index contributed by atoms with van der Waals surface area (Å²) in [6.45, 7) is 4.28. The molecular weight excluding hydrogens is 319 g/mol. The van der Waals surface area contributed by atoms with Gasteiger partial charge in [0.15, 0.2) is 5.69 Å². The first kappa shape index (κ1) is 17.1. The van der Waals surface area contributed by atoms with Gasteiger partial charge >= 0.3 is 6.18 Å². The Morgan fingerprint density at radius 3 is 2.23 bits per heavy atom. The van der Waals surface area contributed by atoms with Crippen LogP contribution in [0.1, 0.15) is 50.0 Å². The molecule has 0 saturated carbocycles. The van der Waals surface area contributed by atoms with E-state index in [0.29, 0.717) is 13.1 Å². The summed E-state index contributed by atoms with van der Waals surface area (Å²) in [6.07, 6.45) is -0.638. The minimum atomic E-state index is -4.63. The second-order valence-electron chi connectivity index (χ2n) is 5.61. The zero-order valence-electron chi connectivity index (χ0n) is 12.6. The molecule has 1 aromatic rings. The van der Waals surface area contributed by atoms with Crippen LogP contribution in [0, 0.1) is 6.92 Å². The molecule has 8 heteroatoms. The normalized spacial score (nSPS) is 18.2. The molecule has 1 saturated heterocycles. The van der Waals surface area contributed by atoms with Crippen molar-refractivity contribution in [2.45, 2.75) is 51.7 Å². The molecule has 1 aromatic heterocycles. The van der Waals surface area contributed by atoms with Crippen LogP contribution in [0.4, 0.5) is 13.2 Å². The Labute approximate surface area is 132 Å². The second kappa shape index (κ2) is 6.48. The van der Waals surface area contributed by atoms with Crippen LogP contribution in [0.5, 0.6) is 0 Å². The highest BCUT2D eigenvalue weighted by Gasteiger charge is 2.39. The quantitative estimate of drug-likeness (QED) is 0.822. The summed E-state index contributed by atoms with van der Waals surface area (Å²) in [6, 6.07) is -0.799. The lowest BCUT2D eigenvalue weighted by molar-refractivity contribution is -0.142. The fourth-order valence-corrected chi connectivity index (χ4v) is 2.95. The van der Waals surface area contributed by atoms with E-state index in [9.17, 15) is 18.0 Å². The number of aromatic nitrogens is 2. The van der Waals surface area contributed by atoms with Crippen molar-refractivity contribution in [2.75, 3.05) is 13.1 Å². The number of alkyl halides is 3. The number of hydrogen-bond acceptors (Lipinski definition) is 2. The molecule has 1 fully saturated rings. The van der Waals surface area contributed by atoms with Crippen molar-refractivity contribution < 1.29 is 18.0 Å². The second-order valence-corrected chi connectivity index (χ2v) is 5.98. The summed E-state index contributed by atoms with van der Waals surface area (Å²) in [4.78, 5) is 14.2. The van der Waals surface area contributed by atoms with E-state index in [1.54, 1.807) is 11.8 Å². The van der Waals surface area contributed by atoms with Crippen molar-refractivity contribution in [1.82, 2.24) is 14.7 Å². The molecule has 0 N–H and O–H groups in total. The molecule has 2 rings (SSSR count). The molecule has 0 aliphatic carbocycles. The third-order valence-electron chi connectivity index (χ3n) is 3.99. The minimum Gasteiger partial charge on any atom is -0.341 e. The number of carbonyl (C=O) groups is 1. The lowest BCUT2D eigenvalue weighted by atomic mass is 10.2. The van der Waals surface area contributed by atoms with Gasteiger partial charge in [0.25, 0.3) is 0 Å². The van der Waals surface area contributed by atoms with Gasteiger partial charge in [0.2, 0.25) is 5.91 Å². The van der Waals surface area contributed by atoms with Crippen LogP contribution in [0.3, 0.4) is 0 Å². The first-order valence-corrected chi connectivity index (χ1v) is 7.72. The number of hydrogen-bond donors (Lipinski definition) is 0. The number of likely N-dealkylation sites (tertiary alicyclic amines) is 1. The molecule has 0 radical (unpaired) electrons. The molecule has 4 nitrogen and oxygen atoms in total. The Morgan fingerprint density at radius 1 is 1.23 bits per heavy atom. The van der Waals surface area contributed by atoms with Crippen molar-refractivity contribution in [3.05, 3.63) is 16.4 Å². The van der Waals surface area contributed by atoms with Crippen LogP contribution >= 0.6 is 11.6 Å². The monoisotopic (exact) mass is 337 g/mol. The third kappa shape index (κ3) is 3.39. The van der Waals surface area contributed by atoms with Crippen molar-refractivity contribution in [2.24, 2.45) is 0 Å². The molecular formula is C14H19ClF3N3O. The molecule has 1 amide bonds. The summed E-state index contributed by atoms with van der Waals surface area (Å²) in [5.74, 6) is -0.210. The predicted octanol–water partition coefficient (Wildman–Crippen LogP) is 3.83. The highest BCUT2D eigenvalue weighted by atomic mass is 35.5. The maximum atomic E-state index is 12.9. The van der Waals surface area contributed by atoms with E-state index >= 15 is 0 Å². The molecule has 1 atom stereocenters. The van der Waals surface area contributed by atoms with E-state index in [1.807, 2.05) is 0 Å². The molecule has 22 heavy (non-hydrogen) atoms. The lowest BCUT2D eigenvalue weighted by Gasteiger charge is -2.24. The maximum absolute atomic E-state index is 12.9. The van der Waals surface area contributed by atoms with Crippen LogP contribution in [0.25, 0.3) is 0 Å². The van der Waals surface area contributed by atoms with E-state index in [2.05, 4.69) is 5.10 Å². The standard InChI is InChI=1S/C14H19ClF3N3O/c1-9-11(15)12(14(16,17)18)19-21(9)10(2)13(22)20-7-5-3-4-6-8-20/h10H,3-8H2,1-2H3/t10-/m0/s1. The fourth-order valence-electron chi connectivity index (χ4n) is 2.72. The molecule has 2 heterocycles. The Kier molecular flexibility index (Phi) is 5.04.